The van der Waals surface area contributed by atoms with Crippen LogP contribution in [0.2, 0.25) is 0 Å². The Morgan fingerprint density at radius 3 is 2.47 bits per heavy atom. The molecule has 1 aromatic carbocycles. The molecule has 78 valence electrons. The van der Waals surface area contributed by atoms with Crippen molar-refractivity contribution in [2.24, 2.45) is 0 Å². The largest absolute Gasteiger partial charge is 0.259 e. The summed E-state index contributed by atoms with van der Waals surface area (Å²) in [5.41, 5.74) is 1.29. The average molecular weight is 311 g/mol. The van der Waals surface area contributed by atoms with Gasteiger partial charge in [0.15, 0.2) is 0 Å². The molecule has 0 fully saturated rings. The highest BCUT2D eigenvalue weighted by Crippen LogP contribution is 2.30. The van der Waals surface area contributed by atoms with Crippen LogP contribution in [0.15, 0.2) is 30.5 Å². The second-order valence-corrected chi connectivity index (χ2v) is 5.84. The lowest BCUT2D eigenvalue weighted by Crippen LogP contribution is -2.15. The van der Waals surface area contributed by atoms with Gasteiger partial charge in [-0.05, 0) is 28.0 Å². The van der Waals surface area contributed by atoms with Crippen molar-refractivity contribution in [1.82, 2.24) is 4.98 Å². The van der Waals surface area contributed by atoms with Gasteiger partial charge in [-0.3, -0.25) is 4.98 Å². The van der Waals surface area contributed by atoms with Crippen LogP contribution in [0.3, 0.4) is 0 Å². The minimum Gasteiger partial charge on any atom is -0.259 e. The van der Waals surface area contributed by atoms with Gasteiger partial charge in [-0.25, -0.2) is 0 Å². The first-order valence-corrected chi connectivity index (χ1v) is 6.12. The van der Waals surface area contributed by atoms with E-state index in [1.807, 2.05) is 6.20 Å². The van der Waals surface area contributed by atoms with Crippen molar-refractivity contribution in [1.29, 1.82) is 0 Å². The van der Waals surface area contributed by atoms with Crippen LogP contribution in [-0.2, 0) is 5.41 Å². The Morgan fingerprint density at radius 1 is 1.13 bits per heavy atom. The van der Waals surface area contributed by atoms with E-state index >= 15 is 0 Å². The molecule has 0 radical (unpaired) electrons. The molecule has 2 rings (SSSR count). The molecule has 0 amide bonds. The fraction of sp³-hybridized carbons (Fsp3) is 0.308. The summed E-state index contributed by atoms with van der Waals surface area (Å²) in [7, 11) is 0. The van der Waals surface area contributed by atoms with Gasteiger partial charge in [-0.2, -0.15) is 0 Å². The lowest BCUT2D eigenvalue weighted by molar-refractivity contribution is 0.566. The van der Waals surface area contributed by atoms with Crippen molar-refractivity contribution in [3.63, 3.8) is 0 Å². The fourth-order valence-electron chi connectivity index (χ4n) is 1.65. The number of hydrogen-bond acceptors (Lipinski definition) is 1. The summed E-state index contributed by atoms with van der Waals surface area (Å²) in [5.74, 6) is 0. The highest BCUT2D eigenvalue weighted by molar-refractivity contribution is 14.1. The number of halogens is 1. The third-order valence-corrected chi connectivity index (χ3v) is 3.54. The summed E-state index contributed by atoms with van der Waals surface area (Å²) < 4.78 is 1.28. The monoisotopic (exact) mass is 311 g/mol. The van der Waals surface area contributed by atoms with E-state index in [0.29, 0.717) is 0 Å². The van der Waals surface area contributed by atoms with Gasteiger partial charge in [0.05, 0.1) is 5.69 Å². The van der Waals surface area contributed by atoms with Crippen LogP contribution >= 0.6 is 22.6 Å². The Balaban J connectivity index is 2.76. The van der Waals surface area contributed by atoms with Gasteiger partial charge >= 0.3 is 0 Å². The summed E-state index contributed by atoms with van der Waals surface area (Å²) >= 11 is 2.40. The Morgan fingerprint density at radius 2 is 1.80 bits per heavy atom. The second-order valence-electron chi connectivity index (χ2n) is 4.76. The standard InChI is InChI=1S/C13H14IN/c1-13(2,3)12-11(14)10-7-5-4-6-9(10)8-15-12/h4-8H,1-3H3. The van der Waals surface area contributed by atoms with Crippen LogP contribution in [-0.4, -0.2) is 4.98 Å². The summed E-state index contributed by atoms with van der Waals surface area (Å²) in [5, 5.41) is 2.52. The molecule has 1 heterocycles. The van der Waals surface area contributed by atoms with Crippen molar-refractivity contribution in [3.8, 4) is 0 Å². The van der Waals surface area contributed by atoms with Crippen molar-refractivity contribution in [2.75, 3.05) is 0 Å². The van der Waals surface area contributed by atoms with Gasteiger partial charge in [0.1, 0.15) is 0 Å². The Hall–Kier alpha value is -0.640. The zero-order valence-electron chi connectivity index (χ0n) is 9.21. The first-order chi connectivity index (χ1) is 7.00. The minimum atomic E-state index is 0.112. The van der Waals surface area contributed by atoms with Crippen LogP contribution in [0.4, 0.5) is 0 Å². The van der Waals surface area contributed by atoms with Gasteiger partial charge in [-0.1, -0.05) is 45.0 Å². The molecule has 0 aliphatic heterocycles. The molecule has 0 bridgehead atoms. The first kappa shape index (κ1) is 10.9. The fourth-order valence-corrected chi connectivity index (χ4v) is 3.09. The number of aromatic nitrogens is 1. The summed E-state index contributed by atoms with van der Waals surface area (Å²) in [4.78, 5) is 4.57. The summed E-state index contributed by atoms with van der Waals surface area (Å²) in [6, 6.07) is 8.40. The molecule has 1 aromatic heterocycles. The smallest absolute Gasteiger partial charge is 0.0596 e. The molecule has 15 heavy (non-hydrogen) atoms. The number of benzene rings is 1. The first-order valence-electron chi connectivity index (χ1n) is 5.04. The highest BCUT2D eigenvalue weighted by atomic mass is 127. The molecule has 1 nitrogen and oxygen atoms in total. The van der Waals surface area contributed by atoms with Crippen LogP contribution in [0.5, 0.6) is 0 Å². The molecule has 0 aliphatic carbocycles. The third kappa shape index (κ3) is 2.00. The van der Waals surface area contributed by atoms with E-state index in [0.717, 1.165) is 0 Å². The predicted octanol–water partition coefficient (Wildman–Crippen LogP) is 4.14. The minimum absolute atomic E-state index is 0.112. The van der Waals surface area contributed by atoms with Crippen molar-refractivity contribution >= 4 is 33.4 Å². The molecule has 0 saturated heterocycles. The van der Waals surface area contributed by atoms with Gasteiger partial charge in [-0.15, -0.1) is 0 Å². The van der Waals surface area contributed by atoms with E-state index in [2.05, 4.69) is 72.6 Å². The van der Waals surface area contributed by atoms with E-state index in [-0.39, 0.29) is 5.41 Å². The zero-order chi connectivity index (χ0) is 11.1. The Bertz CT molecular complexity index is 497. The van der Waals surface area contributed by atoms with Crippen LogP contribution < -0.4 is 0 Å². The van der Waals surface area contributed by atoms with Gasteiger partial charge in [0, 0.05) is 20.6 Å². The third-order valence-electron chi connectivity index (χ3n) is 2.45. The van der Waals surface area contributed by atoms with Crippen molar-refractivity contribution < 1.29 is 0 Å². The van der Waals surface area contributed by atoms with E-state index in [4.69, 9.17) is 0 Å². The number of fused-ring (bicyclic) bond motifs is 1. The van der Waals surface area contributed by atoms with Crippen molar-refractivity contribution in [2.45, 2.75) is 26.2 Å². The Labute approximate surface area is 104 Å². The van der Waals surface area contributed by atoms with E-state index in [1.165, 1.54) is 20.0 Å². The predicted molar refractivity (Wildman–Crippen MR) is 73.2 cm³/mol. The second kappa shape index (κ2) is 3.74. The molecule has 0 atom stereocenters. The molecule has 2 heteroatoms. The van der Waals surface area contributed by atoms with Crippen LogP contribution in [0, 0.1) is 3.57 Å². The lowest BCUT2D eigenvalue weighted by Gasteiger charge is -2.20. The highest BCUT2D eigenvalue weighted by Gasteiger charge is 2.19. The molecule has 0 N–H and O–H groups in total. The topological polar surface area (TPSA) is 12.9 Å². The average Bonchev–Trinajstić information content (AvgIpc) is 2.16. The van der Waals surface area contributed by atoms with E-state index < -0.39 is 0 Å². The maximum absolute atomic E-state index is 4.57. The van der Waals surface area contributed by atoms with Crippen molar-refractivity contribution in [3.05, 3.63) is 39.7 Å². The summed E-state index contributed by atoms with van der Waals surface area (Å²) in [6.07, 6.45) is 1.97. The molecule has 0 aliphatic rings. The maximum atomic E-state index is 4.57. The molecule has 2 aromatic rings. The SMILES string of the molecule is CC(C)(C)c1ncc2ccccc2c1I. The Kier molecular flexibility index (Phi) is 2.71. The van der Waals surface area contributed by atoms with E-state index in [1.54, 1.807) is 0 Å². The number of rotatable bonds is 0. The number of nitrogens with zero attached hydrogens (tertiary/aromatic N) is 1. The normalized spacial score (nSPS) is 12.0. The van der Waals surface area contributed by atoms with Gasteiger partial charge in [0.2, 0.25) is 0 Å². The lowest BCUT2D eigenvalue weighted by atomic mass is 9.91. The zero-order valence-corrected chi connectivity index (χ0v) is 11.4. The maximum Gasteiger partial charge on any atom is 0.0596 e. The molecule has 0 unspecified atom stereocenters. The number of pyridine rings is 1. The summed E-state index contributed by atoms with van der Waals surface area (Å²) in [6.45, 7) is 6.60. The van der Waals surface area contributed by atoms with E-state index in [9.17, 15) is 0 Å². The molecular formula is C13H14IN. The molecular weight excluding hydrogens is 297 g/mol. The quantitative estimate of drug-likeness (QED) is 0.667. The molecule has 0 saturated carbocycles. The number of hydrogen-bond donors (Lipinski definition) is 0. The van der Waals surface area contributed by atoms with Crippen LogP contribution in [0.1, 0.15) is 26.5 Å². The van der Waals surface area contributed by atoms with Gasteiger partial charge in [0.25, 0.3) is 0 Å². The molecule has 0 spiro atoms. The van der Waals surface area contributed by atoms with Crippen LogP contribution in [0.25, 0.3) is 10.8 Å². The van der Waals surface area contributed by atoms with Gasteiger partial charge < -0.3 is 0 Å².